The topological polar surface area (TPSA) is 132 Å². The van der Waals surface area contributed by atoms with E-state index in [0.29, 0.717) is 34.1 Å². The molecule has 3 aromatic rings. The maximum Gasteiger partial charge on any atom is 0.422 e. The van der Waals surface area contributed by atoms with Crippen LogP contribution in [0.2, 0.25) is 0 Å². The van der Waals surface area contributed by atoms with Gasteiger partial charge in [0.15, 0.2) is 6.61 Å². The van der Waals surface area contributed by atoms with Crippen molar-refractivity contribution in [3.63, 3.8) is 0 Å². The van der Waals surface area contributed by atoms with Crippen LogP contribution >= 0.6 is 0 Å². The van der Waals surface area contributed by atoms with Crippen molar-refractivity contribution in [2.24, 2.45) is 41.4 Å². The van der Waals surface area contributed by atoms with Crippen molar-refractivity contribution in [2.75, 3.05) is 6.61 Å². The summed E-state index contributed by atoms with van der Waals surface area (Å²) in [6.45, 7) is 30.0. The molecule has 7 saturated carbocycles. The molecule has 4 bridgehead atoms. The summed E-state index contributed by atoms with van der Waals surface area (Å²) in [5.41, 5.74) is 4.51. The Labute approximate surface area is 504 Å². The molecule has 0 aliphatic heterocycles. The van der Waals surface area contributed by atoms with E-state index in [1.807, 2.05) is 55.5 Å². The van der Waals surface area contributed by atoms with Crippen LogP contribution in [0.3, 0.4) is 0 Å². The van der Waals surface area contributed by atoms with Gasteiger partial charge in [-0.2, -0.15) is 13.2 Å². The second kappa shape index (κ2) is 29.7. The molecule has 85 heavy (non-hydrogen) atoms. The van der Waals surface area contributed by atoms with Gasteiger partial charge < -0.3 is 23.7 Å². The van der Waals surface area contributed by atoms with Crippen LogP contribution < -0.4 is 0 Å². The second-order valence-electron chi connectivity index (χ2n) is 25.3. The van der Waals surface area contributed by atoms with Crippen LogP contribution in [-0.4, -0.2) is 65.0 Å². The minimum atomic E-state index is -4.47. The monoisotopic (exact) mass is 1170 g/mol. The van der Waals surface area contributed by atoms with Gasteiger partial charge in [0.25, 0.3) is 0 Å². The summed E-state index contributed by atoms with van der Waals surface area (Å²) in [6, 6.07) is 22.1. The van der Waals surface area contributed by atoms with Gasteiger partial charge >= 0.3 is 36.0 Å². The van der Waals surface area contributed by atoms with E-state index in [9.17, 15) is 37.1 Å². The molecule has 462 valence electrons. The van der Waals surface area contributed by atoms with Crippen LogP contribution in [0.25, 0.3) is 18.2 Å². The number of esters is 5. The maximum atomic E-state index is 12.3. The predicted octanol–water partition coefficient (Wildman–Crippen LogP) is 18.1. The number of rotatable bonds is 16. The molecule has 7 fully saturated rings. The Kier molecular flexibility index (Phi) is 23.7. The van der Waals surface area contributed by atoms with E-state index in [2.05, 4.69) is 65.3 Å². The van der Waals surface area contributed by atoms with Crippen molar-refractivity contribution in [1.82, 2.24) is 0 Å². The van der Waals surface area contributed by atoms with Gasteiger partial charge in [-0.05, 0) is 231 Å². The summed E-state index contributed by atoms with van der Waals surface area (Å²) in [5.74, 6) is 3.81. The number of hydrogen-bond donors (Lipinski definition) is 0. The lowest BCUT2D eigenvalue weighted by molar-refractivity contribution is -0.183. The minimum Gasteiger partial charge on any atom is -0.456 e. The average molecular weight is 1180 g/mol. The molecule has 13 heteroatoms. The summed E-state index contributed by atoms with van der Waals surface area (Å²) >= 11 is 0. The molecule has 0 N–H and O–H groups in total. The Bertz CT molecular complexity index is 2810. The summed E-state index contributed by atoms with van der Waals surface area (Å²) in [5, 5.41) is 0. The zero-order valence-electron chi connectivity index (χ0n) is 51.6. The third kappa shape index (κ3) is 17.6. The highest BCUT2D eigenvalue weighted by Gasteiger charge is 2.67. The van der Waals surface area contributed by atoms with Crippen molar-refractivity contribution in [3.05, 3.63) is 150 Å². The maximum absolute atomic E-state index is 12.3. The molecular weight excluding hydrogens is 1080 g/mol. The first-order chi connectivity index (χ1) is 40.3. The molecule has 10 nitrogen and oxygen atoms in total. The smallest absolute Gasteiger partial charge is 0.422 e. The third-order valence-corrected chi connectivity index (χ3v) is 19.3. The molecule has 7 aliphatic rings. The fourth-order valence-electron chi connectivity index (χ4n) is 14.4. The van der Waals surface area contributed by atoms with Gasteiger partial charge in [-0.15, -0.1) is 0 Å². The zero-order chi connectivity index (χ0) is 62.3. The van der Waals surface area contributed by atoms with E-state index in [1.54, 1.807) is 49.4 Å². The summed E-state index contributed by atoms with van der Waals surface area (Å²) in [4.78, 5) is 58.8. The van der Waals surface area contributed by atoms with Gasteiger partial charge in [0.05, 0.1) is 16.7 Å². The number of carbonyl (C=O) groups excluding carboxylic acids is 5. The molecule has 3 aromatic carbocycles. The number of ether oxygens (including phenoxy) is 5. The van der Waals surface area contributed by atoms with Gasteiger partial charge in [0.2, 0.25) is 0 Å². The Morgan fingerprint density at radius 2 is 0.988 bits per heavy atom. The van der Waals surface area contributed by atoms with Crippen LogP contribution in [-0.2, 0) is 33.3 Å². The van der Waals surface area contributed by atoms with Crippen molar-refractivity contribution in [2.45, 2.75) is 199 Å². The minimum absolute atomic E-state index is 0.0470. The lowest BCUT2D eigenvalue weighted by atomic mass is 9.65. The van der Waals surface area contributed by atoms with E-state index in [4.69, 9.17) is 18.9 Å². The fraction of sp³-hybridized carbons (Fsp3) is 0.542. The van der Waals surface area contributed by atoms with E-state index in [1.165, 1.54) is 32.6 Å². The first-order valence-electron chi connectivity index (χ1n) is 30.9. The first kappa shape index (κ1) is 67.6. The fourth-order valence-corrected chi connectivity index (χ4v) is 14.4. The van der Waals surface area contributed by atoms with Gasteiger partial charge in [0.1, 0.15) is 22.4 Å². The third-order valence-electron chi connectivity index (χ3n) is 19.3. The van der Waals surface area contributed by atoms with Crippen LogP contribution in [0.1, 0.15) is 218 Å². The summed E-state index contributed by atoms with van der Waals surface area (Å²) < 4.78 is 61.1. The molecule has 7 aliphatic carbocycles. The van der Waals surface area contributed by atoms with Crippen LogP contribution in [0.4, 0.5) is 13.2 Å². The lowest BCUT2D eigenvalue weighted by Crippen LogP contribution is -2.47. The Morgan fingerprint density at radius 3 is 1.40 bits per heavy atom. The van der Waals surface area contributed by atoms with Crippen molar-refractivity contribution < 1.29 is 60.8 Å². The van der Waals surface area contributed by atoms with E-state index in [-0.39, 0.29) is 51.9 Å². The first-order valence-corrected chi connectivity index (χ1v) is 30.9. The molecule has 0 spiro atoms. The van der Waals surface area contributed by atoms with Crippen LogP contribution in [0, 0.1) is 41.4 Å². The molecule has 7 atom stereocenters. The van der Waals surface area contributed by atoms with E-state index < -0.39 is 18.8 Å². The van der Waals surface area contributed by atoms with Crippen LogP contribution in [0.5, 0.6) is 0 Å². The molecule has 7 unspecified atom stereocenters. The predicted molar refractivity (Wildman–Crippen MR) is 330 cm³/mol. The summed E-state index contributed by atoms with van der Waals surface area (Å²) in [6.07, 6.45) is 22.4. The molecule has 0 heterocycles. The average Bonchev–Trinajstić information content (AvgIpc) is 1.97. The highest BCUT2D eigenvalue weighted by molar-refractivity contribution is 5.91. The Hall–Kier alpha value is -6.50. The van der Waals surface area contributed by atoms with E-state index in [0.717, 1.165) is 143 Å². The quantitative estimate of drug-likeness (QED) is 0.0591. The normalized spacial score (nSPS) is 24.6. The van der Waals surface area contributed by atoms with Gasteiger partial charge in [0, 0.05) is 17.1 Å². The zero-order valence-corrected chi connectivity index (χ0v) is 51.6. The molecule has 0 amide bonds. The molecule has 10 rings (SSSR count). The molecule has 0 radical (unpaired) electrons. The van der Waals surface area contributed by atoms with Crippen molar-refractivity contribution in [3.8, 4) is 0 Å². The largest absolute Gasteiger partial charge is 0.456 e. The second-order valence-corrected chi connectivity index (χ2v) is 25.3. The number of carbonyl (C=O) groups is 5. The summed E-state index contributed by atoms with van der Waals surface area (Å²) in [7, 11) is 0. The number of hydrogen-bond acceptors (Lipinski definition) is 10. The number of alkyl halides is 3. The number of benzene rings is 3. The van der Waals surface area contributed by atoms with Gasteiger partial charge in [-0.25, -0.2) is 24.0 Å². The molecular formula is C72H93F3O10. The van der Waals surface area contributed by atoms with Crippen LogP contribution in [0.15, 0.2) is 117 Å². The SMILES string of the molecule is C=C(C)C(=O)OC1(CC)CC2CC1C1C3CCC(C3)C21.C=C(C)C(=O)OCC(F)(F)F.C=Cc1ccc(C(=O)OC2(C(C)C)CCCC2)cc1.C=Cc1ccc(C(=O)OC2(C)CCCC2)cc1.C=Cc1ccc(C(=O)OC2(CC)CCCC2)cc1. The number of fused-ring (bicyclic) bond motifs is 9. The highest BCUT2D eigenvalue weighted by atomic mass is 19.4. The van der Waals surface area contributed by atoms with Crippen molar-refractivity contribution in [1.29, 1.82) is 0 Å². The van der Waals surface area contributed by atoms with E-state index >= 15 is 0 Å². The molecule has 0 aromatic heterocycles. The Morgan fingerprint density at radius 1 is 0.565 bits per heavy atom. The van der Waals surface area contributed by atoms with Crippen molar-refractivity contribution >= 4 is 48.1 Å². The Balaban J connectivity index is 0.000000172. The number of halogens is 3. The lowest BCUT2D eigenvalue weighted by Gasteiger charge is -2.45. The standard InChI is InChI=1S/C18H26O2.C17H22O2.C16H20O2.C15H18O2.C6H7F3O2/c1-4-18(20-17(19)10(2)3)9-13-8-14(18)16-12-6-5-11(7-12)15(13)16;1-4-14-7-9-15(10-8-14)16(18)19-17(13(2)3)11-5-6-12-17;1-3-13-7-9-14(10-8-13)15(17)18-16(4-2)11-5-6-12-16;1-3-12-6-8-13(9-7-12)14(16)17-15(2)10-4-5-11-15;1-4(2)5(10)11-3-6(7,8)9/h11-16H,2,4-9H2,1,3H3;4,7-10,13H,1,5-6,11-12H2,2-3H3;3,7-10H,1,4-6,11-12H2,2H3;3,6-9H,1,4-5,10-11H2,2H3;1,3H2,2H3. The molecule has 0 saturated heterocycles. The highest BCUT2D eigenvalue weighted by Crippen LogP contribution is 2.71. The van der Waals surface area contributed by atoms with Gasteiger partial charge in [-0.1, -0.05) is 115 Å². The van der Waals surface area contributed by atoms with Gasteiger partial charge in [-0.3, -0.25) is 0 Å².